The van der Waals surface area contributed by atoms with Gasteiger partial charge in [-0.2, -0.15) is 0 Å². The van der Waals surface area contributed by atoms with Gasteiger partial charge in [0.15, 0.2) is 0 Å². The quantitative estimate of drug-likeness (QED) is 0.711. The molecule has 0 bridgehead atoms. The van der Waals surface area contributed by atoms with Crippen LogP contribution in [-0.4, -0.2) is 24.1 Å². The van der Waals surface area contributed by atoms with E-state index in [9.17, 15) is 0 Å². The number of hydrogen-bond donors (Lipinski definition) is 2. The molecule has 0 saturated heterocycles. The highest BCUT2D eigenvalue weighted by molar-refractivity contribution is 5.14. The van der Waals surface area contributed by atoms with Gasteiger partial charge in [-0.25, -0.2) is 0 Å². The Kier molecular flexibility index (Phi) is 5.59. The number of pyridine rings is 1. The van der Waals surface area contributed by atoms with E-state index < -0.39 is 0 Å². The summed E-state index contributed by atoms with van der Waals surface area (Å²) in [5.74, 6) is 0. The van der Waals surface area contributed by atoms with Crippen LogP contribution < -0.4 is 11.1 Å². The van der Waals surface area contributed by atoms with Crippen molar-refractivity contribution in [2.45, 2.75) is 45.1 Å². The van der Waals surface area contributed by atoms with E-state index in [2.05, 4.69) is 37.1 Å². The van der Waals surface area contributed by atoms with Gasteiger partial charge in [-0.05, 0) is 38.4 Å². The summed E-state index contributed by atoms with van der Waals surface area (Å²) < 4.78 is 0. The molecule has 0 saturated carbocycles. The Morgan fingerprint density at radius 2 is 2.18 bits per heavy atom. The van der Waals surface area contributed by atoms with Crippen LogP contribution in [0.2, 0.25) is 0 Å². The molecule has 0 radical (unpaired) electrons. The minimum Gasteiger partial charge on any atom is -0.328 e. The van der Waals surface area contributed by atoms with Crippen molar-refractivity contribution in [1.29, 1.82) is 0 Å². The van der Waals surface area contributed by atoms with E-state index in [1.54, 1.807) is 0 Å². The lowest BCUT2D eigenvalue weighted by molar-refractivity contribution is 0.448. The molecule has 96 valence electrons. The first-order valence-electron chi connectivity index (χ1n) is 6.40. The van der Waals surface area contributed by atoms with Gasteiger partial charge in [-0.3, -0.25) is 4.98 Å². The highest BCUT2D eigenvalue weighted by atomic mass is 14.9. The second-order valence-corrected chi connectivity index (χ2v) is 5.40. The van der Waals surface area contributed by atoms with E-state index in [0.29, 0.717) is 6.04 Å². The number of aromatic nitrogens is 1. The van der Waals surface area contributed by atoms with Gasteiger partial charge in [-0.15, -0.1) is 0 Å². The average Bonchev–Trinajstić information content (AvgIpc) is 2.29. The molecule has 0 aliphatic heterocycles. The fourth-order valence-electron chi connectivity index (χ4n) is 1.80. The third-order valence-electron chi connectivity index (χ3n) is 2.94. The summed E-state index contributed by atoms with van der Waals surface area (Å²) in [6.45, 7) is 8.46. The molecule has 0 aliphatic rings. The first-order valence-corrected chi connectivity index (χ1v) is 6.40. The average molecular weight is 235 g/mol. The summed E-state index contributed by atoms with van der Waals surface area (Å²) in [6, 6.07) is 6.39. The van der Waals surface area contributed by atoms with E-state index in [1.165, 1.54) is 0 Å². The highest BCUT2D eigenvalue weighted by Gasteiger charge is 2.20. The summed E-state index contributed by atoms with van der Waals surface area (Å²) in [5.41, 5.74) is 6.93. The zero-order valence-corrected chi connectivity index (χ0v) is 11.2. The zero-order valence-electron chi connectivity index (χ0n) is 11.2. The number of hydrogen-bond acceptors (Lipinski definition) is 3. The SMILES string of the molecule is CC(N)CCCNCC(C)(C)c1ccccn1. The smallest absolute Gasteiger partial charge is 0.0472 e. The van der Waals surface area contributed by atoms with Crippen molar-refractivity contribution in [3.63, 3.8) is 0 Å². The number of nitrogens with two attached hydrogens (primary N) is 1. The monoisotopic (exact) mass is 235 g/mol. The topological polar surface area (TPSA) is 50.9 Å². The maximum absolute atomic E-state index is 5.71. The third kappa shape index (κ3) is 5.29. The van der Waals surface area contributed by atoms with Gasteiger partial charge in [0, 0.05) is 29.9 Å². The lowest BCUT2D eigenvalue weighted by Gasteiger charge is -2.24. The first-order chi connectivity index (χ1) is 8.02. The molecular formula is C14H25N3. The molecule has 1 heterocycles. The molecule has 1 aromatic rings. The summed E-state index contributed by atoms with van der Waals surface area (Å²) >= 11 is 0. The Hall–Kier alpha value is -0.930. The van der Waals surface area contributed by atoms with Crippen molar-refractivity contribution in [2.75, 3.05) is 13.1 Å². The van der Waals surface area contributed by atoms with Gasteiger partial charge in [0.2, 0.25) is 0 Å². The van der Waals surface area contributed by atoms with E-state index in [1.807, 2.05) is 18.3 Å². The summed E-state index contributed by atoms with van der Waals surface area (Å²) in [5, 5.41) is 3.48. The van der Waals surface area contributed by atoms with E-state index in [4.69, 9.17) is 5.73 Å². The van der Waals surface area contributed by atoms with Crippen molar-refractivity contribution in [1.82, 2.24) is 10.3 Å². The Morgan fingerprint density at radius 3 is 2.76 bits per heavy atom. The number of nitrogens with one attached hydrogen (secondary N) is 1. The first kappa shape index (κ1) is 14.1. The normalized spacial score (nSPS) is 13.6. The molecule has 3 heteroatoms. The fourth-order valence-corrected chi connectivity index (χ4v) is 1.80. The van der Waals surface area contributed by atoms with Crippen LogP contribution >= 0.6 is 0 Å². The van der Waals surface area contributed by atoms with Crippen LogP contribution in [0.15, 0.2) is 24.4 Å². The van der Waals surface area contributed by atoms with Crippen LogP contribution in [0.4, 0.5) is 0 Å². The predicted octanol–water partition coefficient (Wildman–Crippen LogP) is 2.08. The van der Waals surface area contributed by atoms with Gasteiger partial charge in [0.05, 0.1) is 0 Å². The van der Waals surface area contributed by atoms with Gasteiger partial charge < -0.3 is 11.1 Å². The van der Waals surface area contributed by atoms with Crippen LogP contribution in [0, 0.1) is 0 Å². The molecule has 0 amide bonds. The minimum absolute atomic E-state index is 0.0790. The van der Waals surface area contributed by atoms with Gasteiger partial charge in [-0.1, -0.05) is 19.9 Å². The molecule has 0 aliphatic carbocycles. The van der Waals surface area contributed by atoms with Crippen LogP contribution in [0.1, 0.15) is 39.3 Å². The summed E-state index contributed by atoms with van der Waals surface area (Å²) in [4.78, 5) is 4.42. The predicted molar refractivity (Wildman–Crippen MR) is 73.0 cm³/mol. The molecule has 0 fully saturated rings. The molecule has 3 nitrogen and oxygen atoms in total. The minimum atomic E-state index is 0.0790. The second-order valence-electron chi connectivity index (χ2n) is 5.40. The van der Waals surface area contributed by atoms with Crippen LogP contribution in [0.3, 0.4) is 0 Å². The van der Waals surface area contributed by atoms with Crippen molar-refractivity contribution >= 4 is 0 Å². The highest BCUT2D eigenvalue weighted by Crippen LogP contribution is 2.19. The van der Waals surface area contributed by atoms with Crippen molar-refractivity contribution < 1.29 is 0 Å². The van der Waals surface area contributed by atoms with E-state index >= 15 is 0 Å². The number of rotatable bonds is 7. The second kappa shape index (κ2) is 6.72. The fraction of sp³-hybridized carbons (Fsp3) is 0.643. The Morgan fingerprint density at radius 1 is 1.41 bits per heavy atom. The van der Waals surface area contributed by atoms with Crippen molar-refractivity contribution in [3.05, 3.63) is 30.1 Å². The lowest BCUT2D eigenvalue weighted by Crippen LogP contribution is -2.34. The van der Waals surface area contributed by atoms with E-state index in [0.717, 1.165) is 31.6 Å². The molecule has 3 N–H and O–H groups in total. The third-order valence-corrected chi connectivity index (χ3v) is 2.94. The lowest BCUT2D eigenvalue weighted by atomic mass is 9.88. The largest absolute Gasteiger partial charge is 0.328 e. The molecule has 17 heavy (non-hydrogen) atoms. The summed E-state index contributed by atoms with van der Waals surface area (Å²) in [6.07, 6.45) is 4.07. The molecule has 1 atom stereocenters. The van der Waals surface area contributed by atoms with Gasteiger partial charge >= 0.3 is 0 Å². The Bertz CT molecular complexity index is 307. The molecule has 1 rings (SSSR count). The van der Waals surface area contributed by atoms with Crippen LogP contribution in [0.25, 0.3) is 0 Å². The zero-order chi connectivity index (χ0) is 12.7. The number of nitrogens with zero attached hydrogens (tertiary/aromatic N) is 1. The molecule has 1 unspecified atom stereocenters. The van der Waals surface area contributed by atoms with Crippen LogP contribution in [0.5, 0.6) is 0 Å². The van der Waals surface area contributed by atoms with Gasteiger partial charge in [0.1, 0.15) is 0 Å². The summed E-state index contributed by atoms with van der Waals surface area (Å²) in [7, 11) is 0. The Labute approximate surface area is 105 Å². The van der Waals surface area contributed by atoms with Gasteiger partial charge in [0.25, 0.3) is 0 Å². The van der Waals surface area contributed by atoms with Crippen LogP contribution in [-0.2, 0) is 5.41 Å². The standard InChI is InChI=1S/C14H25N3/c1-12(15)7-6-9-16-11-14(2,3)13-8-4-5-10-17-13/h4-5,8,10,12,16H,6-7,9,11,15H2,1-3H3. The van der Waals surface area contributed by atoms with Crippen molar-refractivity contribution in [2.24, 2.45) is 5.73 Å². The Balaban J connectivity index is 2.30. The van der Waals surface area contributed by atoms with E-state index in [-0.39, 0.29) is 5.41 Å². The molecule has 1 aromatic heterocycles. The molecular weight excluding hydrogens is 210 g/mol. The molecule has 0 aromatic carbocycles. The van der Waals surface area contributed by atoms with Crippen molar-refractivity contribution in [3.8, 4) is 0 Å². The maximum atomic E-state index is 5.71. The molecule has 0 spiro atoms. The maximum Gasteiger partial charge on any atom is 0.0472 e.